The molecule has 0 fully saturated rings. The van der Waals surface area contributed by atoms with Crippen molar-refractivity contribution in [1.82, 2.24) is 0 Å². The van der Waals surface area contributed by atoms with Gasteiger partial charge in [0.1, 0.15) is 0 Å². The molecule has 0 saturated heterocycles. The molecule has 1 aromatic rings. The molecule has 1 heteroatoms. The zero-order valence-electron chi connectivity index (χ0n) is 15.9. The molecule has 2 rings (SSSR count). The summed E-state index contributed by atoms with van der Waals surface area (Å²) in [5, 5.41) is 7.32. The van der Waals surface area contributed by atoms with E-state index in [1.54, 1.807) is 17.2 Å². The average Bonchev–Trinajstić information content (AvgIpc) is 2.53. The van der Waals surface area contributed by atoms with Crippen LogP contribution in [-0.2, 0) is 0 Å². The molecule has 0 radical (unpaired) electrons. The highest BCUT2D eigenvalue weighted by Gasteiger charge is 2.32. The van der Waals surface area contributed by atoms with E-state index >= 15 is 0 Å². The van der Waals surface area contributed by atoms with Gasteiger partial charge in [-0.25, -0.2) is 0 Å². The van der Waals surface area contributed by atoms with Crippen molar-refractivity contribution in [3.63, 3.8) is 0 Å². The zero-order valence-corrected chi connectivity index (χ0v) is 15.9. The monoisotopic (exact) mass is 301 g/mol. The third kappa shape index (κ3) is 5.16. The molecule has 0 saturated carbocycles. The van der Waals surface area contributed by atoms with Crippen molar-refractivity contribution < 1.29 is 0 Å². The molecule has 4 unspecified atom stereocenters. The van der Waals surface area contributed by atoms with Crippen LogP contribution >= 0.6 is 0 Å². The standard InChI is InChI=1S/C17H26.C2H3N.C2H6/c1-6-12(3)16-10-13(4)14(5)17-9-11(2)7-8-15(16)17;1-2-3;1-2/h7-9,12-14,16H,6,10H2,1-5H3;1H3;1-2H3. The summed E-state index contributed by atoms with van der Waals surface area (Å²) in [5.74, 6) is 3.14. The van der Waals surface area contributed by atoms with Crippen LogP contribution in [-0.4, -0.2) is 0 Å². The number of aryl methyl sites for hydroxylation is 1. The third-order valence-electron chi connectivity index (χ3n) is 4.94. The lowest BCUT2D eigenvalue weighted by atomic mass is 9.67. The minimum Gasteiger partial charge on any atom is -0.199 e. The Kier molecular flexibility index (Phi) is 9.83. The number of nitriles is 1. The Balaban J connectivity index is 0.000000789. The summed E-state index contributed by atoms with van der Waals surface area (Å²) >= 11 is 0. The van der Waals surface area contributed by atoms with E-state index in [2.05, 4.69) is 52.8 Å². The van der Waals surface area contributed by atoms with Crippen LogP contribution in [0.25, 0.3) is 0 Å². The number of hydrogen-bond donors (Lipinski definition) is 0. The van der Waals surface area contributed by atoms with Gasteiger partial charge in [-0.15, -0.1) is 0 Å². The molecule has 124 valence electrons. The fourth-order valence-corrected chi connectivity index (χ4v) is 3.29. The van der Waals surface area contributed by atoms with E-state index in [1.165, 1.54) is 25.3 Å². The molecular weight excluding hydrogens is 266 g/mol. The number of benzene rings is 1. The van der Waals surface area contributed by atoms with E-state index in [1.807, 2.05) is 13.8 Å². The zero-order chi connectivity index (χ0) is 17.3. The topological polar surface area (TPSA) is 23.8 Å². The molecule has 0 aromatic heterocycles. The van der Waals surface area contributed by atoms with Crippen molar-refractivity contribution >= 4 is 0 Å². The van der Waals surface area contributed by atoms with Gasteiger partial charge in [0.05, 0.1) is 6.07 Å². The highest BCUT2D eigenvalue weighted by molar-refractivity contribution is 5.39. The fourth-order valence-electron chi connectivity index (χ4n) is 3.29. The number of nitrogens with zero attached hydrogens (tertiary/aromatic N) is 1. The Labute approximate surface area is 138 Å². The maximum absolute atomic E-state index is 7.32. The molecule has 22 heavy (non-hydrogen) atoms. The first-order valence-corrected chi connectivity index (χ1v) is 8.87. The summed E-state index contributed by atoms with van der Waals surface area (Å²) < 4.78 is 0. The Hall–Kier alpha value is -1.29. The van der Waals surface area contributed by atoms with Gasteiger partial charge >= 0.3 is 0 Å². The molecular formula is C21H35N. The van der Waals surface area contributed by atoms with Crippen LogP contribution in [0.5, 0.6) is 0 Å². The molecule has 0 aliphatic heterocycles. The van der Waals surface area contributed by atoms with E-state index in [0.29, 0.717) is 0 Å². The largest absolute Gasteiger partial charge is 0.199 e. The predicted molar refractivity (Wildman–Crippen MR) is 98.2 cm³/mol. The Morgan fingerprint density at radius 3 is 2.27 bits per heavy atom. The molecule has 0 bridgehead atoms. The van der Waals surface area contributed by atoms with Crippen molar-refractivity contribution in [2.45, 2.75) is 80.1 Å². The van der Waals surface area contributed by atoms with Crippen LogP contribution in [0.1, 0.15) is 89.8 Å². The lowest BCUT2D eigenvalue weighted by molar-refractivity contribution is 0.310. The van der Waals surface area contributed by atoms with Gasteiger partial charge in [0, 0.05) is 6.92 Å². The number of rotatable bonds is 2. The summed E-state index contributed by atoms with van der Waals surface area (Å²) in [6, 6.07) is 8.85. The molecule has 0 spiro atoms. The second kappa shape index (κ2) is 10.4. The highest BCUT2D eigenvalue weighted by atomic mass is 14.4. The van der Waals surface area contributed by atoms with E-state index in [4.69, 9.17) is 5.26 Å². The van der Waals surface area contributed by atoms with Gasteiger partial charge in [0.25, 0.3) is 0 Å². The van der Waals surface area contributed by atoms with Crippen molar-refractivity contribution in [2.75, 3.05) is 0 Å². The van der Waals surface area contributed by atoms with E-state index in [9.17, 15) is 0 Å². The molecule has 1 aromatic carbocycles. The second-order valence-electron chi connectivity index (χ2n) is 6.35. The summed E-state index contributed by atoms with van der Waals surface area (Å²) in [5.41, 5.74) is 4.66. The summed E-state index contributed by atoms with van der Waals surface area (Å²) in [6.07, 6.45) is 2.66. The highest BCUT2D eigenvalue weighted by Crippen LogP contribution is 2.46. The normalized spacial score (nSPS) is 23.7. The first kappa shape index (κ1) is 20.7. The Morgan fingerprint density at radius 2 is 1.77 bits per heavy atom. The molecule has 1 aliphatic carbocycles. The van der Waals surface area contributed by atoms with Crippen LogP contribution < -0.4 is 0 Å². The first-order valence-electron chi connectivity index (χ1n) is 8.87. The van der Waals surface area contributed by atoms with Crippen LogP contribution in [0.15, 0.2) is 18.2 Å². The van der Waals surface area contributed by atoms with E-state index in [0.717, 1.165) is 23.7 Å². The molecule has 4 atom stereocenters. The van der Waals surface area contributed by atoms with Gasteiger partial charge < -0.3 is 0 Å². The second-order valence-corrected chi connectivity index (χ2v) is 6.35. The lowest BCUT2D eigenvalue weighted by Crippen LogP contribution is -2.24. The van der Waals surface area contributed by atoms with Gasteiger partial charge in [0.15, 0.2) is 0 Å². The maximum atomic E-state index is 7.32. The van der Waals surface area contributed by atoms with Crippen LogP contribution in [0.4, 0.5) is 0 Å². The van der Waals surface area contributed by atoms with Gasteiger partial charge in [-0.2, -0.15) is 5.26 Å². The number of hydrogen-bond acceptors (Lipinski definition) is 1. The van der Waals surface area contributed by atoms with Gasteiger partial charge in [0.2, 0.25) is 0 Å². The van der Waals surface area contributed by atoms with Crippen LogP contribution in [0.2, 0.25) is 0 Å². The maximum Gasteiger partial charge on any atom is 0.0587 e. The summed E-state index contributed by atoms with van der Waals surface area (Å²) in [4.78, 5) is 0. The molecule has 0 heterocycles. The number of fused-ring (bicyclic) bond motifs is 1. The SMILES string of the molecule is CC.CC#N.CCC(C)C1CC(C)C(C)c2cc(C)ccc21. The Bertz CT molecular complexity index is 469. The Morgan fingerprint density at radius 1 is 1.23 bits per heavy atom. The minimum absolute atomic E-state index is 0.727. The fraction of sp³-hybridized carbons (Fsp3) is 0.667. The molecule has 0 N–H and O–H groups in total. The van der Waals surface area contributed by atoms with Gasteiger partial charge in [-0.05, 0) is 48.1 Å². The summed E-state index contributed by atoms with van der Waals surface area (Å²) in [7, 11) is 0. The van der Waals surface area contributed by atoms with Gasteiger partial charge in [-0.1, -0.05) is 71.7 Å². The molecule has 1 aliphatic rings. The van der Waals surface area contributed by atoms with Crippen molar-refractivity contribution in [3.8, 4) is 6.07 Å². The lowest BCUT2D eigenvalue weighted by Gasteiger charge is -2.37. The van der Waals surface area contributed by atoms with E-state index < -0.39 is 0 Å². The smallest absolute Gasteiger partial charge is 0.0587 e. The van der Waals surface area contributed by atoms with Crippen molar-refractivity contribution in [2.24, 2.45) is 11.8 Å². The van der Waals surface area contributed by atoms with Crippen molar-refractivity contribution in [3.05, 3.63) is 34.9 Å². The average molecular weight is 302 g/mol. The predicted octanol–water partition coefficient (Wildman–Crippen LogP) is 6.82. The minimum atomic E-state index is 0.727. The van der Waals surface area contributed by atoms with Gasteiger partial charge in [-0.3, -0.25) is 0 Å². The first-order chi connectivity index (χ1) is 10.5. The molecule has 0 amide bonds. The van der Waals surface area contributed by atoms with Crippen molar-refractivity contribution in [1.29, 1.82) is 5.26 Å². The van der Waals surface area contributed by atoms with Crippen LogP contribution in [0, 0.1) is 30.1 Å². The van der Waals surface area contributed by atoms with E-state index in [-0.39, 0.29) is 0 Å². The molecule has 1 nitrogen and oxygen atoms in total. The quantitative estimate of drug-likeness (QED) is 0.587. The summed E-state index contributed by atoms with van der Waals surface area (Å²) in [6.45, 7) is 17.2. The van der Waals surface area contributed by atoms with Crippen LogP contribution in [0.3, 0.4) is 0 Å². The third-order valence-corrected chi connectivity index (χ3v) is 4.94.